The summed E-state index contributed by atoms with van der Waals surface area (Å²) in [6.07, 6.45) is 2.23. The van der Waals surface area contributed by atoms with Gasteiger partial charge in [-0.2, -0.15) is 0 Å². The highest BCUT2D eigenvalue weighted by atomic mass is 28.4. The molecule has 1 aliphatic heterocycles. The number of carbonyl (C=O) groups excluding carboxylic acids is 1. The second-order valence-corrected chi connectivity index (χ2v) is 11.3. The predicted molar refractivity (Wildman–Crippen MR) is 64.7 cm³/mol. The average molecular weight is 242 g/mol. The molecule has 1 aliphatic carbocycles. The molecular formula is C12H22O3Si. The van der Waals surface area contributed by atoms with Crippen LogP contribution in [0.15, 0.2) is 0 Å². The lowest BCUT2D eigenvalue weighted by molar-refractivity contribution is -0.185. The molecule has 2 rings (SSSR count). The van der Waals surface area contributed by atoms with Gasteiger partial charge in [-0.1, -0.05) is 20.8 Å². The number of carbonyl (C=O) groups is 1. The highest BCUT2D eigenvalue weighted by molar-refractivity contribution is 6.74. The number of hydrogen-bond donors (Lipinski definition) is 0. The average Bonchev–Trinajstić information content (AvgIpc) is 2.38. The van der Waals surface area contributed by atoms with Crippen LogP contribution in [-0.4, -0.2) is 26.5 Å². The van der Waals surface area contributed by atoms with Crippen LogP contribution in [0.3, 0.4) is 0 Å². The van der Waals surface area contributed by atoms with Crippen molar-refractivity contribution in [1.82, 2.24) is 0 Å². The first-order valence-corrected chi connectivity index (χ1v) is 9.01. The Morgan fingerprint density at radius 3 is 2.44 bits per heavy atom. The third-order valence-electron chi connectivity index (χ3n) is 4.33. The van der Waals surface area contributed by atoms with Crippen LogP contribution < -0.4 is 0 Å². The van der Waals surface area contributed by atoms with Crippen LogP contribution in [0.5, 0.6) is 0 Å². The Balaban J connectivity index is 2.03. The fraction of sp³-hybridized carbons (Fsp3) is 0.917. The molecule has 0 unspecified atom stereocenters. The van der Waals surface area contributed by atoms with E-state index in [1.54, 1.807) is 0 Å². The van der Waals surface area contributed by atoms with Gasteiger partial charge in [-0.05, 0) is 31.0 Å². The van der Waals surface area contributed by atoms with Gasteiger partial charge in [-0.25, -0.2) is 0 Å². The molecule has 2 aliphatic rings. The summed E-state index contributed by atoms with van der Waals surface area (Å²) in [6.45, 7) is 11.2. The fourth-order valence-corrected chi connectivity index (χ4v) is 3.58. The first kappa shape index (κ1) is 12.1. The molecule has 1 saturated carbocycles. The van der Waals surface area contributed by atoms with E-state index in [1.165, 1.54) is 0 Å². The molecule has 0 N–H and O–H groups in total. The van der Waals surface area contributed by atoms with Crippen molar-refractivity contribution in [3.63, 3.8) is 0 Å². The van der Waals surface area contributed by atoms with Gasteiger partial charge in [0.2, 0.25) is 0 Å². The highest BCUT2D eigenvalue weighted by Gasteiger charge is 2.54. The lowest BCUT2D eigenvalue weighted by Gasteiger charge is -2.41. The van der Waals surface area contributed by atoms with E-state index in [4.69, 9.17) is 9.16 Å². The lowest BCUT2D eigenvalue weighted by atomic mass is 9.99. The molecule has 0 spiro atoms. The molecule has 4 heteroatoms. The van der Waals surface area contributed by atoms with Gasteiger partial charge in [0.25, 0.3) is 0 Å². The van der Waals surface area contributed by atoms with Crippen molar-refractivity contribution in [1.29, 1.82) is 0 Å². The second kappa shape index (κ2) is 3.57. The standard InChI is InChI=1S/C12H22O3Si/c1-12(2,3)16(4,5)15-9-7-6-8-10(9)11(13)14-8/h8-10H,6-7H2,1-5H3/t8-,9+,10-/m0/s1. The van der Waals surface area contributed by atoms with Crippen LogP contribution in [0, 0.1) is 5.92 Å². The zero-order valence-electron chi connectivity index (χ0n) is 10.9. The quantitative estimate of drug-likeness (QED) is 0.552. The Kier molecular flexibility index (Phi) is 2.70. The first-order valence-electron chi connectivity index (χ1n) is 6.11. The Morgan fingerprint density at radius 2 is 1.94 bits per heavy atom. The van der Waals surface area contributed by atoms with Gasteiger partial charge >= 0.3 is 5.97 Å². The van der Waals surface area contributed by atoms with Crippen molar-refractivity contribution in [2.24, 2.45) is 5.92 Å². The van der Waals surface area contributed by atoms with Crippen molar-refractivity contribution in [2.75, 3.05) is 0 Å². The molecule has 1 saturated heterocycles. The Labute approximate surface area is 98.6 Å². The summed E-state index contributed by atoms with van der Waals surface area (Å²) in [4.78, 5) is 11.4. The molecule has 3 atom stereocenters. The Morgan fingerprint density at radius 1 is 1.31 bits per heavy atom. The summed E-state index contributed by atoms with van der Waals surface area (Å²) in [5, 5.41) is 0.207. The molecule has 2 fully saturated rings. The molecule has 3 nitrogen and oxygen atoms in total. The molecule has 16 heavy (non-hydrogen) atoms. The fourth-order valence-electron chi connectivity index (χ4n) is 2.21. The predicted octanol–water partition coefficient (Wildman–Crippen LogP) is 2.71. The van der Waals surface area contributed by atoms with Crippen LogP contribution in [0.25, 0.3) is 0 Å². The summed E-state index contributed by atoms with van der Waals surface area (Å²) < 4.78 is 11.4. The number of fused-ring (bicyclic) bond motifs is 1. The van der Waals surface area contributed by atoms with Crippen LogP contribution in [0.2, 0.25) is 18.1 Å². The molecule has 0 aromatic heterocycles. The van der Waals surface area contributed by atoms with Gasteiger partial charge in [0.05, 0.1) is 6.10 Å². The normalized spacial score (nSPS) is 34.3. The van der Waals surface area contributed by atoms with Crippen molar-refractivity contribution < 1.29 is 14.0 Å². The van der Waals surface area contributed by atoms with E-state index < -0.39 is 8.32 Å². The zero-order chi connectivity index (χ0) is 12.1. The Hall–Kier alpha value is -0.353. The summed E-state index contributed by atoms with van der Waals surface area (Å²) in [5.41, 5.74) is 0. The summed E-state index contributed by atoms with van der Waals surface area (Å²) in [5.74, 6) is -0.0136. The summed E-state index contributed by atoms with van der Waals surface area (Å²) >= 11 is 0. The van der Waals surface area contributed by atoms with Gasteiger partial charge < -0.3 is 9.16 Å². The number of ether oxygens (including phenoxy) is 1. The maximum Gasteiger partial charge on any atom is 0.315 e. The largest absolute Gasteiger partial charge is 0.461 e. The van der Waals surface area contributed by atoms with E-state index >= 15 is 0 Å². The van der Waals surface area contributed by atoms with Crippen molar-refractivity contribution in [2.45, 2.75) is 64.0 Å². The van der Waals surface area contributed by atoms with Crippen molar-refractivity contribution >= 4 is 14.3 Å². The number of hydrogen-bond acceptors (Lipinski definition) is 3. The van der Waals surface area contributed by atoms with Crippen LogP contribution >= 0.6 is 0 Å². The Bertz CT molecular complexity index is 306. The van der Waals surface area contributed by atoms with Crippen molar-refractivity contribution in [3.8, 4) is 0 Å². The summed E-state index contributed by atoms with van der Waals surface area (Å²) in [6, 6.07) is 0. The molecule has 0 radical (unpaired) electrons. The smallest absolute Gasteiger partial charge is 0.315 e. The van der Waals surface area contributed by atoms with E-state index in [0.717, 1.165) is 12.8 Å². The van der Waals surface area contributed by atoms with Gasteiger partial charge in [0, 0.05) is 0 Å². The molecule has 0 aromatic rings. The van der Waals surface area contributed by atoms with Gasteiger partial charge in [0.15, 0.2) is 8.32 Å². The van der Waals surface area contributed by atoms with E-state index in [-0.39, 0.29) is 29.1 Å². The minimum atomic E-state index is -1.74. The van der Waals surface area contributed by atoms with Gasteiger partial charge in [0.1, 0.15) is 12.0 Å². The molecule has 0 amide bonds. The van der Waals surface area contributed by atoms with Gasteiger partial charge in [-0.15, -0.1) is 0 Å². The first-order chi connectivity index (χ1) is 7.22. The van der Waals surface area contributed by atoms with E-state index in [2.05, 4.69) is 33.9 Å². The number of rotatable bonds is 2. The maximum absolute atomic E-state index is 11.4. The molecule has 0 bridgehead atoms. The minimum Gasteiger partial charge on any atom is -0.461 e. The van der Waals surface area contributed by atoms with Gasteiger partial charge in [-0.3, -0.25) is 4.79 Å². The molecular weight excluding hydrogens is 220 g/mol. The highest BCUT2D eigenvalue weighted by Crippen LogP contribution is 2.44. The van der Waals surface area contributed by atoms with E-state index in [0.29, 0.717) is 0 Å². The monoisotopic (exact) mass is 242 g/mol. The second-order valence-electron chi connectivity index (χ2n) is 6.50. The zero-order valence-corrected chi connectivity index (χ0v) is 11.9. The van der Waals surface area contributed by atoms with Crippen LogP contribution in [0.4, 0.5) is 0 Å². The lowest BCUT2D eigenvalue weighted by Crippen LogP contribution is -2.51. The summed E-state index contributed by atoms with van der Waals surface area (Å²) in [7, 11) is -1.74. The van der Waals surface area contributed by atoms with Crippen LogP contribution in [-0.2, 0) is 14.0 Å². The van der Waals surface area contributed by atoms with Crippen molar-refractivity contribution in [3.05, 3.63) is 0 Å². The molecule has 1 heterocycles. The SMILES string of the molecule is CC(C)(C)[Si](C)(C)O[C@@H]1CC[C@@H]2OC(=O)[C@@H]21. The topological polar surface area (TPSA) is 35.5 Å². The maximum atomic E-state index is 11.4. The number of esters is 1. The molecule has 0 aromatic carbocycles. The van der Waals surface area contributed by atoms with E-state index in [9.17, 15) is 4.79 Å². The third kappa shape index (κ3) is 1.82. The molecule has 92 valence electrons. The third-order valence-corrected chi connectivity index (χ3v) is 8.83. The minimum absolute atomic E-state index is 0.0362. The van der Waals surface area contributed by atoms with Crippen LogP contribution in [0.1, 0.15) is 33.6 Å². The van der Waals surface area contributed by atoms with E-state index in [1.807, 2.05) is 0 Å².